The number of benzene rings is 1. The molecule has 1 aromatic carbocycles. The summed E-state index contributed by atoms with van der Waals surface area (Å²) in [6, 6.07) is 8.06. The lowest BCUT2D eigenvalue weighted by Crippen LogP contribution is -1.94. The van der Waals surface area contributed by atoms with Crippen LogP contribution in [-0.2, 0) is 0 Å². The van der Waals surface area contributed by atoms with Crippen LogP contribution in [0.25, 0.3) is 16.9 Å². The Hall–Kier alpha value is -2.07. The van der Waals surface area contributed by atoms with Crippen LogP contribution < -0.4 is 5.73 Å². The normalized spacial score (nSPS) is 11.1. The van der Waals surface area contributed by atoms with E-state index < -0.39 is 0 Å². The number of rotatable bonds is 1. The Morgan fingerprint density at radius 1 is 1.26 bits per heavy atom. The van der Waals surface area contributed by atoms with Crippen LogP contribution in [0.15, 0.2) is 36.5 Å². The predicted octanol–water partition coefficient (Wildman–Crippen LogP) is 3.68. The maximum Gasteiger partial charge on any atom is 0.139 e. The Kier molecular flexibility index (Phi) is 2.68. The molecular weight excluding hydrogens is 265 g/mol. The summed E-state index contributed by atoms with van der Waals surface area (Å²) in [5, 5.41) is 0.298. The maximum absolute atomic E-state index is 13.1. The van der Waals surface area contributed by atoms with Crippen molar-refractivity contribution in [3.05, 3.63) is 52.9 Å². The predicted molar refractivity (Wildman–Crippen MR) is 74.7 cm³/mol. The highest BCUT2D eigenvalue weighted by molar-refractivity contribution is 6.33. The van der Waals surface area contributed by atoms with Gasteiger partial charge in [-0.15, -0.1) is 0 Å². The molecule has 0 amide bonds. The van der Waals surface area contributed by atoms with Crippen LogP contribution >= 0.6 is 11.6 Å². The first-order valence-corrected chi connectivity index (χ1v) is 6.13. The Bertz CT molecular complexity index is 780. The molecule has 0 aliphatic heterocycles. The van der Waals surface area contributed by atoms with Crippen molar-refractivity contribution in [1.82, 2.24) is 9.38 Å². The number of aromatic nitrogens is 2. The molecule has 0 atom stereocenters. The second-order valence-corrected chi connectivity index (χ2v) is 4.81. The highest BCUT2D eigenvalue weighted by Gasteiger charge is 2.14. The molecule has 3 aromatic rings. The fourth-order valence-corrected chi connectivity index (χ4v) is 2.30. The van der Waals surface area contributed by atoms with Crippen LogP contribution in [0.4, 0.5) is 10.2 Å². The molecule has 2 aromatic heterocycles. The minimum Gasteiger partial charge on any atom is -0.383 e. The van der Waals surface area contributed by atoms with Gasteiger partial charge in [-0.3, -0.25) is 4.40 Å². The summed E-state index contributed by atoms with van der Waals surface area (Å²) in [7, 11) is 0. The van der Waals surface area contributed by atoms with Gasteiger partial charge in [0.05, 0.1) is 5.02 Å². The summed E-state index contributed by atoms with van der Waals surface area (Å²) in [4.78, 5) is 4.46. The van der Waals surface area contributed by atoms with E-state index in [4.69, 9.17) is 17.3 Å². The Balaban J connectivity index is 2.27. The molecule has 96 valence electrons. The first-order chi connectivity index (χ1) is 9.06. The third-order valence-electron chi connectivity index (χ3n) is 3.00. The van der Waals surface area contributed by atoms with Gasteiger partial charge < -0.3 is 5.73 Å². The first kappa shape index (κ1) is 12.0. The van der Waals surface area contributed by atoms with Crippen LogP contribution in [0.2, 0.25) is 5.02 Å². The first-order valence-electron chi connectivity index (χ1n) is 5.76. The average molecular weight is 276 g/mol. The molecule has 2 heterocycles. The molecule has 0 spiro atoms. The fraction of sp³-hybridized carbons (Fsp3) is 0.0714. The minimum absolute atomic E-state index is 0.298. The van der Waals surface area contributed by atoms with Gasteiger partial charge >= 0.3 is 0 Å². The van der Waals surface area contributed by atoms with Gasteiger partial charge in [-0.1, -0.05) is 11.6 Å². The van der Waals surface area contributed by atoms with E-state index >= 15 is 0 Å². The van der Waals surface area contributed by atoms with Gasteiger partial charge in [0, 0.05) is 11.8 Å². The SMILES string of the molecule is Cc1ccn2c(N)c(-c3ccc(F)cc3Cl)nc2c1. The number of pyridine rings is 1. The Morgan fingerprint density at radius 3 is 2.79 bits per heavy atom. The molecule has 2 N–H and O–H groups in total. The minimum atomic E-state index is -0.382. The smallest absolute Gasteiger partial charge is 0.139 e. The molecule has 0 aliphatic rings. The lowest BCUT2D eigenvalue weighted by Gasteiger charge is -2.02. The number of aryl methyl sites for hydroxylation is 1. The van der Waals surface area contributed by atoms with Crippen molar-refractivity contribution < 1.29 is 4.39 Å². The quantitative estimate of drug-likeness (QED) is 0.736. The van der Waals surface area contributed by atoms with E-state index in [1.165, 1.54) is 12.1 Å². The molecule has 0 unspecified atom stereocenters. The summed E-state index contributed by atoms with van der Waals surface area (Å²) in [6.45, 7) is 1.98. The lowest BCUT2D eigenvalue weighted by atomic mass is 10.1. The molecule has 0 bridgehead atoms. The van der Waals surface area contributed by atoms with Crippen molar-refractivity contribution in [1.29, 1.82) is 0 Å². The number of hydrogen-bond donors (Lipinski definition) is 1. The van der Waals surface area contributed by atoms with E-state index in [0.29, 0.717) is 22.1 Å². The number of fused-ring (bicyclic) bond motifs is 1. The van der Waals surface area contributed by atoms with Crippen LogP contribution in [-0.4, -0.2) is 9.38 Å². The van der Waals surface area contributed by atoms with Crippen molar-refractivity contribution in [3.8, 4) is 11.3 Å². The fourth-order valence-electron chi connectivity index (χ4n) is 2.05. The van der Waals surface area contributed by atoms with E-state index in [9.17, 15) is 4.39 Å². The topological polar surface area (TPSA) is 43.3 Å². The number of nitrogen functional groups attached to an aromatic ring is 1. The van der Waals surface area contributed by atoms with Gasteiger partial charge in [0.15, 0.2) is 0 Å². The van der Waals surface area contributed by atoms with Gasteiger partial charge in [0.1, 0.15) is 23.0 Å². The van der Waals surface area contributed by atoms with E-state index in [1.54, 1.807) is 10.5 Å². The average Bonchev–Trinajstić information content (AvgIpc) is 2.66. The third-order valence-corrected chi connectivity index (χ3v) is 3.32. The van der Waals surface area contributed by atoms with Crippen molar-refractivity contribution in [2.45, 2.75) is 6.92 Å². The number of hydrogen-bond acceptors (Lipinski definition) is 2. The van der Waals surface area contributed by atoms with Crippen molar-refractivity contribution in [2.75, 3.05) is 5.73 Å². The van der Waals surface area contributed by atoms with E-state index in [-0.39, 0.29) is 5.82 Å². The van der Waals surface area contributed by atoms with Crippen molar-refractivity contribution in [3.63, 3.8) is 0 Å². The highest BCUT2D eigenvalue weighted by atomic mass is 35.5. The molecule has 19 heavy (non-hydrogen) atoms. The molecule has 5 heteroatoms. The number of nitrogens with two attached hydrogens (primary N) is 1. The van der Waals surface area contributed by atoms with Gasteiger partial charge in [0.25, 0.3) is 0 Å². The van der Waals surface area contributed by atoms with Crippen LogP contribution in [0, 0.1) is 12.7 Å². The Morgan fingerprint density at radius 2 is 2.05 bits per heavy atom. The molecule has 0 radical (unpaired) electrons. The van der Waals surface area contributed by atoms with Crippen molar-refractivity contribution in [2.24, 2.45) is 0 Å². The van der Waals surface area contributed by atoms with Crippen molar-refractivity contribution >= 4 is 23.1 Å². The van der Waals surface area contributed by atoms with Gasteiger partial charge in [-0.2, -0.15) is 0 Å². The highest BCUT2D eigenvalue weighted by Crippen LogP contribution is 2.32. The zero-order chi connectivity index (χ0) is 13.6. The number of anilines is 1. The van der Waals surface area contributed by atoms with Gasteiger partial charge in [-0.25, -0.2) is 9.37 Å². The van der Waals surface area contributed by atoms with E-state index in [2.05, 4.69) is 4.98 Å². The summed E-state index contributed by atoms with van der Waals surface area (Å²) >= 11 is 6.05. The summed E-state index contributed by atoms with van der Waals surface area (Å²) < 4.78 is 14.9. The summed E-state index contributed by atoms with van der Waals surface area (Å²) in [5.74, 6) is 0.107. The lowest BCUT2D eigenvalue weighted by molar-refractivity contribution is 0.628. The molecule has 3 rings (SSSR count). The molecule has 0 fully saturated rings. The largest absolute Gasteiger partial charge is 0.383 e. The van der Waals surface area contributed by atoms with Crippen LogP contribution in [0.3, 0.4) is 0 Å². The van der Waals surface area contributed by atoms with Crippen LogP contribution in [0.1, 0.15) is 5.56 Å². The monoisotopic (exact) mass is 275 g/mol. The van der Waals surface area contributed by atoms with Gasteiger partial charge in [-0.05, 0) is 42.8 Å². The zero-order valence-electron chi connectivity index (χ0n) is 10.2. The molecule has 3 nitrogen and oxygen atoms in total. The summed E-state index contributed by atoms with van der Waals surface area (Å²) in [6.07, 6.45) is 1.86. The van der Waals surface area contributed by atoms with E-state index in [1.807, 2.05) is 25.3 Å². The zero-order valence-corrected chi connectivity index (χ0v) is 10.9. The molecular formula is C14H11ClFN3. The van der Waals surface area contributed by atoms with Crippen LogP contribution in [0.5, 0.6) is 0 Å². The maximum atomic E-state index is 13.1. The molecule has 0 aliphatic carbocycles. The second-order valence-electron chi connectivity index (χ2n) is 4.40. The second kappa shape index (κ2) is 4.24. The van der Waals surface area contributed by atoms with Gasteiger partial charge in [0.2, 0.25) is 0 Å². The standard InChI is InChI=1S/C14H11ClFN3/c1-8-4-5-19-12(6-8)18-13(14(19)17)10-3-2-9(16)7-11(10)15/h2-7H,17H2,1H3. The number of imidazole rings is 1. The Labute approximate surface area is 114 Å². The summed E-state index contributed by atoms with van der Waals surface area (Å²) in [5.41, 5.74) is 9.10. The number of halogens is 2. The molecule has 0 saturated carbocycles. The molecule has 0 saturated heterocycles. The third kappa shape index (κ3) is 1.94. The van der Waals surface area contributed by atoms with E-state index in [0.717, 1.165) is 11.2 Å². The number of nitrogens with zero attached hydrogens (tertiary/aromatic N) is 2.